The molecule has 1 aromatic carbocycles. The molecule has 0 aliphatic carbocycles. The lowest BCUT2D eigenvalue weighted by molar-refractivity contribution is -0.113. The third-order valence-corrected chi connectivity index (χ3v) is 4.16. The van der Waals surface area contributed by atoms with Gasteiger partial charge in [0.25, 0.3) is 0 Å². The van der Waals surface area contributed by atoms with Crippen molar-refractivity contribution in [1.29, 1.82) is 0 Å². The van der Waals surface area contributed by atoms with Gasteiger partial charge in [-0.2, -0.15) is 5.10 Å². The van der Waals surface area contributed by atoms with Gasteiger partial charge in [-0.05, 0) is 18.6 Å². The summed E-state index contributed by atoms with van der Waals surface area (Å²) in [6.45, 7) is 1.88. The fourth-order valence-corrected chi connectivity index (χ4v) is 2.78. The van der Waals surface area contributed by atoms with E-state index in [0.29, 0.717) is 16.8 Å². The SMILES string of the molecule is Cc1cc(NC(=O)CSc2n[nH]c(/C=C/c3ccccc3)n2)n(C)n1. The molecule has 0 unspecified atom stereocenters. The quantitative estimate of drug-likeness (QED) is 0.665. The molecule has 3 aromatic rings. The second kappa shape index (κ2) is 7.80. The van der Waals surface area contributed by atoms with E-state index in [9.17, 15) is 4.79 Å². The van der Waals surface area contributed by atoms with E-state index < -0.39 is 0 Å². The molecule has 128 valence electrons. The molecule has 0 saturated heterocycles. The average Bonchev–Trinajstić information content (AvgIpc) is 3.18. The number of carbonyl (C=O) groups is 1. The number of nitrogens with one attached hydrogen (secondary N) is 2. The first-order chi connectivity index (χ1) is 12.1. The van der Waals surface area contributed by atoms with Crippen LogP contribution in [-0.4, -0.2) is 36.6 Å². The number of benzene rings is 1. The number of anilines is 1. The van der Waals surface area contributed by atoms with E-state index in [1.807, 2.05) is 55.5 Å². The van der Waals surface area contributed by atoms with Crippen LogP contribution in [0.15, 0.2) is 41.6 Å². The maximum Gasteiger partial charge on any atom is 0.235 e. The number of thioether (sulfide) groups is 1. The van der Waals surface area contributed by atoms with Gasteiger partial charge in [0.05, 0.1) is 11.4 Å². The number of hydrogen-bond acceptors (Lipinski definition) is 5. The summed E-state index contributed by atoms with van der Waals surface area (Å²) in [5, 5.41) is 14.5. The van der Waals surface area contributed by atoms with Crippen LogP contribution in [0.25, 0.3) is 12.2 Å². The predicted molar refractivity (Wildman–Crippen MR) is 99.1 cm³/mol. The topological polar surface area (TPSA) is 88.5 Å². The van der Waals surface area contributed by atoms with Crippen molar-refractivity contribution < 1.29 is 4.79 Å². The number of nitrogens with zero attached hydrogens (tertiary/aromatic N) is 4. The third kappa shape index (κ3) is 4.80. The molecule has 7 nitrogen and oxygen atoms in total. The zero-order valence-corrected chi connectivity index (χ0v) is 14.7. The van der Waals surface area contributed by atoms with E-state index in [1.54, 1.807) is 11.7 Å². The minimum absolute atomic E-state index is 0.126. The Hall–Kier alpha value is -2.87. The number of rotatable bonds is 6. The Morgan fingerprint density at radius 2 is 2.12 bits per heavy atom. The summed E-state index contributed by atoms with van der Waals surface area (Å²) in [6, 6.07) is 11.8. The van der Waals surface area contributed by atoms with Crippen molar-refractivity contribution in [3.05, 3.63) is 53.5 Å². The monoisotopic (exact) mass is 354 g/mol. The number of hydrogen-bond donors (Lipinski definition) is 2. The zero-order chi connectivity index (χ0) is 17.6. The summed E-state index contributed by atoms with van der Waals surface area (Å²) in [4.78, 5) is 16.3. The lowest BCUT2D eigenvalue weighted by Crippen LogP contribution is -2.16. The van der Waals surface area contributed by atoms with Gasteiger partial charge < -0.3 is 5.32 Å². The van der Waals surface area contributed by atoms with Crippen LogP contribution in [0.5, 0.6) is 0 Å². The molecule has 2 N–H and O–H groups in total. The van der Waals surface area contributed by atoms with Crippen molar-refractivity contribution >= 4 is 35.6 Å². The molecule has 8 heteroatoms. The first-order valence-corrected chi connectivity index (χ1v) is 8.67. The van der Waals surface area contributed by atoms with E-state index >= 15 is 0 Å². The van der Waals surface area contributed by atoms with Gasteiger partial charge in [-0.15, -0.1) is 5.10 Å². The summed E-state index contributed by atoms with van der Waals surface area (Å²) in [5.74, 6) is 1.42. The average molecular weight is 354 g/mol. The number of amides is 1. The second-order valence-corrected chi connectivity index (χ2v) is 6.32. The van der Waals surface area contributed by atoms with Crippen LogP contribution in [-0.2, 0) is 11.8 Å². The van der Waals surface area contributed by atoms with Crippen LogP contribution in [0.1, 0.15) is 17.1 Å². The van der Waals surface area contributed by atoms with Crippen molar-refractivity contribution in [2.24, 2.45) is 7.05 Å². The van der Waals surface area contributed by atoms with Crippen molar-refractivity contribution in [3.63, 3.8) is 0 Å². The number of aryl methyl sites for hydroxylation is 2. The van der Waals surface area contributed by atoms with Gasteiger partial charge in [-0.25, -0.2) is 4.98 Å². The van der Waals surface area contributed by atoms with Gasteiger partial charge in [0.2, 0.25) is 11.1 Å². The Morgan fingerprint density at radius 1 is 1.32 bits per heavy atom. The largest absolute Gasteiger partial charge is 0.310 e. The maximum atomic E-state index is 12.0. The summed E-state index contributed by atoms with van der Waals surface area (Å²) in [6.07, 6.45) is 3.80. The molecule has 1 amide bonds. The van der Waals surface area contributed by atoms with Crippen molar-refractivity contribution in [2.45, 2.75) is 12.1 Å². The van der Waals surface area contributed by atoms with E-state index in [4.69, 9.17) is 0 Å². The van der Waals surface area contributed by atoms with E-state index in [-0.39, 0.29) is 11.7 Å². The molecule has 0 atom stereocenters. The van der Waals surface area contributed by atoms with E-state index in [2.05, 4.69) is 25.6 Å². The molecule has 2 heterocycles. The van der Waals surface area contributed by atoms with Gasteiger partial charge in [0.1, 0.15) is 11.6 Å². The molecule has 0 aliphatic rings. The van der Waals surface area contributed by atoms with Gasteiger partial charge in [0, 0.05) is 13.1 Å². The fourth-order valence-electron chi connectivity index (χ4n) is 2.17. The molecule has 0 spiro atoms. The molecular formula is C17H18N6OS. The van der Waals surface area contributed by atoms with Gasteiger partial charge >= 0.3 is 0 Å². The van der Waals surface area contributed by atoms with Gasteiger partial charge in [0.15, 0.2) is 0 Å². The molecular weight excluding hydrogens is 336 g/mol. The molecule has 0 aliphatic heterocycles. The Kier molecular flexibility index (Phi) is 5.30. The first-order valence-electron chi connectivity index (χ1n) is 7.69. The Bertz CT molecular complexity index is 884. The van der Waals surface area contributed by atoms with Gasteiger partial charge in [-0.3, -0.25) is 14.6 Å². The summed E-state index contributed by atoms with van der Waals surface area (Å²) >= 11 is 1.27. The van der Waals surface area contributed by atoms with Crippen molar-refractivity contribution in [2.75, 3.05) is 11.1 Å². The third-order valence-electron chi connectivity index (χ3n) is 3.32. The molecule has 0 bridgehead atoms. The molecule has 0 saturated carbocycles. The lowest BCUT2D eigenvalue weighted by Gasteiger charge is -2.03. The Labute approximate surface area is 149 Å². The summed E-state index contributed by atoms with van der Waals surface area (Å²) in [5.41, 5.74) is 1.94. The predicted octanol–water partition coefficient (Wildman–Crippen LogP) is 2.75. The number of carbonyl (C=O) groups excluding carboxylic acids is 1. The van der Waals surface area contributed by atoms with E-state index in [0.717, 1.165) is 11.3 Å². The van der Waals surface area contributed by atoms with Crippen LogP contribution in [0, 0.1) is 6.92 Å². The standard InChI is InChI=1S/C17H18N6OS/c1-12-10-15(23(2)22-12)19-16(24)11-25-17-18-14(20-21-17)9-8-13-6-4-3-5-7-13/h3-10H,11H2,1-2H3,(H,19,24)(H,18,20,21)/b9-8+. The van der Waals surface area contributed by atoms with Crippen LogP contribution in [0.4, 0.5) is 5.82 Å². The molecule has 0 fully saturated rings. The van der Waals surface area contributed by atoms with E-state index in [1.165, 1.54) is 11.8 Å². The molecule has 0 radical (unpaired) electrons. The number of aromatic amines is 1. The summed E-state index contributed by atoms with van der Waals surface area (Å²) < 4.78 is 1.64. The Morgan fingerprint density at radius 3 is 2.84 bits per heavy atom. The maximum absolute atomic E-state index is 12.0. The highest BCUT2D eigenvalue weighted by atomic mass is 32.2. The number of H-pyrrole nitrogens is 1. The highest BCUT2D eigenvalue weighted by Crippen LogP contribution is 2.15. The zero-order valence-electron chi connectivity index (χ0n) is 13.9. The minimum atomic E-state index is -0.126. The second-order valence-electron chi connectivity index (χ2n) is 5.38. The molecule has 25 heavy (non-hydrogen) atoms. The van der Waals surface area contributed by atoms with Gasteiger partial charge in [-0.1, -0.05) is 48.2 Å². The highest BCUT2D eigenvalue weighted by Gasteiger charge is 2.09. The first kappa shape index (κ1) is 17.0. The summed E-state index contributed by atoms with van der Waals surface area (Å²) in [7, 11) is 1.79. The highest BCUT2D eigenvalue weighted by molar-refractivity contribution is 7.99. The normalized spacial score (nSPS) is 11.1. The minimum Gasteiger partial charge on any atom is -0.310 e. The van der Waals surface area contributed by atoms with Crippen LogP contribution < -0.4 is 5.32 Å². The number of aromatic nitrogens is 5. The smallest absolute Gasteiger partial charge is 0.235 e. The van der Waals surface area contributed by atoms with Crippen LogP contribution in [0.2, 0.25) is 0 Å². The van der Waals surface area contributed by atoms with Crippen molar-refractivity contribution in [3.8, 4) is 0 Å². The molecule has 3 rings (SSSR count). The lowest BCUT2D eigenvalue weighted by atomic mass is 10.2. The van der Waals surface area contributed by atoms with Crippen LogP contribution >= 0.6 is 11.8 Å². The molecule has 2 aromatic heterocycles. The van der Waals surface area contributed by atoms with Crippen molar-refractivity contribution in [1.82, 2.24) is 25.0 Å². The Balaban J connectivity index is 1.52. The fraction of sp³-hybridized carbons (Fsp3) is 0.176. The van der Waals surface area contributed by atoms with Crippen LogP contribution in [0.3, 0.4) is 0 Å².